The van der Waals surface area contributed by atoms with Gasteiger partial charge in [0.05, 0.1) is 0 Å². The van der Waals surface area contributed by atoms with Gasteiger partial charge in [0, 0.05) is 25.3 Å². The Labute approximate surface area is 67.0 Å². The summed E-state index contributed by atoms with van der Waals surface area (Å²) in [6.07, 6.45) is 0. The lowest BCUT2D eigenvalue weighted by Gasteiger charge is -2.14. The van der Waals surface area contributed by atoms with Gasteiger partial charge in [-0.1, -0.05) is 0 Å². The zero-order valence-corrected chi connectivity index (χ0v) is 7.35. The average Bonchev–Trinajstić information content (AvgIpc) is 1.56. The minimum Gasteiger partial charge on any atom is -0.218 e. The first-order valence-electron chi connectivity index (χ1n) is 2.35. The van der Waals surface area contributed by atoms with Gasteiger partial charge in [-0.25, -0.2) is 4.21 Å². The Bertz CT molecular complexity index is 219. The molecular formula is C3H6F3NO2S2. The zero-order valence-electron chi connectivity index (χ0n) is 5.71. The summed E-state index contributed by atoms with van der Waals surface area (Å²) >= 11 is 3.70. The second kappa shape index (κ2) is 3.21. The van der Waals surface area contributed by atoms with E-state index in [2.05, 4.69) is 15.5 Å². The number of rotatable bonds is 2. The Hall–Kier alpha value is 0.0800. The Kier molecular flexibility index (Phi) is 3.24. The molecule has 0 fully saturated rings. The van der Waals surface area contributed by atoms with Crippen LogP contribution in [0.25, 0.3) is 0 Å². The lowest BCUT2D eigenvalue weighted by atomic mass is 11.2. The van der Waals surface area contributed by atoms with Crippen LogP contribution in [0.4, 0.5) is 13.2 Å². The van der Waals surface area contributed by atoms with Gasteiger partial charge >= 0.3 is 5.51 Å². The molecule has 0 aromatic rings. The largest absolute Gasteiger partial charge is 0.498 e. The van der Waals surface area contributed by atoms with Gasteiger partial charge in [-0.05, 0) is 0 Å². The Morgan fingerprint density at radius 3 is 1.91 bits per heavy atom. The van der Waals surface area contributed by atoms with Crippen LogP contribution in [-0.2, 0) is 24.2 Å². The number of nitrogens with zero attached hydrogens (tertiary/aromatic N) is 1. The topological polar surface area (TPSA) is 29.5 Å². The maximum absolute atomic E-state index is 11.7. The predicted molar refractivity (Wildman–Crippen MR) is 36.3 cm³/mol. The first kappa shape index (κ1) is 11.1. The van der Waals surface area contributed by atoms with Gasteiger partial charge in [-0.2, -0.15) is 22.5 Å². The highest BCUT2D eigenvalue weighted by atomic mass is 32.8. The normalized spacial score (nSPS) is 18.4. The van der Waals surface area contributed by atoms with E-state index in [9.17, 15) is 17.4 Å². The van der Waals surface area contributed by atoms with E-state index in [0.717, 1.165) is 14.1 Å². The molecule has 0 aliphatic rings. The van der Waals surface area contributed by atoms with Crippen molar-refractivity contribution >= 4 is 20.0 Å². The fraction of sp³-hybridized carbons (Fsp3) is 1.00. The third-order valence-corrected chi connectivity index (χ3v) is 2.34. The highest BCUT2D eigenvalue weighted by Gasteiger charge is 2.44. The number of hydroxylamine groups is 2. The monoisotopic (exact) mass is 209 g/mol. The third kappa shape index (κ3) is 3.32. The summed E-state index contributed by atoms with van der Waals surface area (Å²) in [7, 11) is -2.31. The van der Waals surface area contributed by atoms with Crippen LogP contribution in [0.15, 0.2) is 0 Å². The van der Waals surface area contributed by atoms with Crippen LogP contribution in [-0.4, -0.2) is 28.9 Å². The van der Waals surface area contributed by atoms with Crippen LogP contribution in [0.3, 0.4) is 0 Å². The van der Waals surface area contributed by atoms with Crippen molar-refractivity contribution in [3.05, 3.63) is 0 Å². The van der Waals surface area contributed by atoms with Crippen molar-refractivity contribution in [3.8, 4) is 0 Å². The van der Waals surface area contributed by atoms with Gasteiger partial charge in [0.15, 0.2) is 0 Å². The molecule has 11 heavy (non-hydrogen) atoms. The van der Waals surface area contributed by atoms with Crippen molar-refractivity contribution in [2.24, 2.45) is 0 Å². The van der Waals surface area contributed by atoms with E-state index in [4.69, 9.17) is 0 Å². The fourth-order valence-electron chi connectivity index (χ4n) is 0.239. The van der Waals surface area contributed by atoms with Crippen LogP contribution in [0, 0.1) is 0 Å². The van der Waals surface area contributed by atoms with Crippen LogP contribution in [0.2, 0.25) is 0 Å². The van der Waals surface area contributed by atoms with Gasteiger partial charge in [-0.3, -0.25) is 0 Å². The molecule has 8 heteroatoms. The van der Waals surface area contributed by atoms with E-state index in [1.807, 2.05) is 0 Å². The molecule has 68 valence electrons. The van der Waals surface area contributed by atoms with E-state index in [1.165, 1.54) is 0 Å². The quantitative estimate of drug-likeness (QED) is 0.625. The molecule has 0 aliphatic heterocycles. The number of hydrogen-bond acceptors (Lipinski definition) is 4. The summed E-state index contributed by atoms with van der Waals surface area (Å²) in [5.41, 5.74) is -4.99. The molecule has 1 atom stereocenters. The maximum Gasteiger partial charge on any atom is 0.498 e. The van der Waals surface area contributed by atoms with Crippen molar-refractivity contribution in [3.63, 3.8) is 0 Å². The molecule has 0 saturated heterocycles. The van der Waals surface area contributed by atoms with E-state index < -0.39 is 14.3 Å². The Morgan fingerprint density at radius 2 is 1.82 bits per heavy atom. The molecule has 1 unspecified atom stereocenters. The van der Waals surface area contributed by atoms with Crippen molar-refractivity contribution in [1.82, 2.24) is 5.06 Å². The molecule has 0 aromatic carbocycles. The molecule has 0 aromatic heterocycles. The smallest absolute Gasteiger partial charge is 0.218 e. The van der Waals surface area contributed by atoms with Gasteiger partial charge in [-0.15, -0.1) is 0 Å². The van der Waals surface area contributed by atoms with Crippen molar-refractivity contribution in [2.45, 2.75) is 5.51 Å². The van der Waals surface area contributed by atoms with E-state index >= 15 is 0 Å². The van der Waals surface area contributed by atoms with Gasteiger partial charge < -0.3 is 0 Å². The van der Waals surface area contributed by atoms with Gasteiger partial charge in [0.25, 0.3) is 8.77 Å². The van der Waals surface area contributed by atoms with E-state index in [-0.39, 0.29) is 0 Å². The zero-order chi connectivity index (χ0) is 9.28. The maximum atomic E-state index is 11.7. The number of alkyl halides is 3. The summed E-state index contributed by atoms with van der Waals surface area (Å²) in [4.78, 5) is 0. The summed E-state index contributed by atoms with van der Waals surface area (Å²) in [5, 5.41) is 0.656. The van der Waals surface area contributed by atoms with Crippen molar-refractivity contribution in [1.29, 1.82) is 0 Å². The Morgan fingerprint density at radius 1 is 1.45 bits per heavy atom. The lowest BCUT2D eigenvalue weighted by molar-refractivity contribution is -0.0730. The molecule has 0 aliphatic carbocycles. The second-order valence-electron chi connectivity index (χ2n) is 1.79. The third-order valence-electron chi connectivity index (χ3n) is 0.531. The molecule has 0 heterocycles. The SMILES string of the molecule is CN(C)OS(=O)(=S)C(F)(F)F. The van der Waals surface area contributed by atoms with Crippen molar-refractivity contribution < 1.29 is 21.7 Å². The highest BCUT2D eigenvalue weighted by molar-refractivity contribution is 8.30. The van der Waals surface area contributed by atoms with Crippen LogP contribution in [0.1, 0.15) is 0 Å². The fourth-order valence-corrected chi connectivity index (χ4v) is 1.08. The second-order valence-corrected chi connectivity index (χ2v) is 4.62. The van der Waals surface area contributed by atoms with Crippen molar-refractivity contribution in [2.75, 3.05) is 14.1 Å². The minimum absolute atomic E-state index is 0.656. The molecule has 0 radical (unpaired) electrons. The predicted octanol–water partition coefficient (Wildman–Crippen LogP) is 0.661. The molecule has 0 spiro atoms. The van der Waals surface area contributed by atoms with E-state index in [0.29, 0.717) is 5.06 Å². The first-order valence-corrected chi connectivity index (χ1v) is 4.76. The molecule has 0 saturated carbocycles. The summed E-state index contributed by atoms with van der Waals surface area (Å²) < 4.78 is 49.3. The lowest BCUT2D eigenvalue weighted by Crippen LogP contribution is -2.29. The van der Waals surface area contributed by atoms with Crippen LogP contribution < -0.4 is 0 Å². The molecule has 0 rings (SSSR count). The van der Waals surface area contributed by atoms with Gasteiger partial charge in [0.1, 0.15) is 0 Å². The highest BCUT2D eigenvalue weighted by Crippen LogP contribution is 2.25. The summed E-state index contributed by atoms with van der Waals surface area (Å²) in [5.74, 6) is 0. The molecular weight excluding hydrogens is 203 g/mol. The average molecular weight is 209 g/mol. The first-order chi connectivity index (χ1) is 4.67. The standard InChI is InChI=1S/C3H6F3NO2S2/c1-7(2)9-11(8,10)3(4,5)6/h1-2H3. The van der Waals surface area contributed by atoms with E-state index in [1.54, 1.807) is 0 Å². The number of hydrogen-bond donors (Lipinski definition) is 0. The van der Waals surface area contributed by atoms with Gasteiger partial charge in [0.2, 0.25) is 0 Å². The molecule has 0 N–H and O–H groups in total. The van der Waals surface area contributed by atoms with Crippen LogP contribution >= 0.6 is 0 Å². The molecule has 0 bridgehead atoms. The summed E-state index contributed by atoms with van der Waals surface area (Å²) in [6, 6.07) is 0. The van der Waals surface area contributed by atoms with Crippen LogP contribution in [0.5, 0.6) is 0 Å². The minimum atomic E-state index is -4.99. The molecule has 3 nitrogen and oxygen atoms in total. The summed E-state index contributed by atoms with van der Waals surface area (Å²) in [6.45, 7) is 0. The number of halogens is 3. The molecule has 0 amide bonds. The Balaban J connectivity index is 4.51.